The number of rotatable bonds is 12. The van der Waals surface area contributed by atoms with Gasteiger partial charge in [-0.05, 0) is 243 Å². The summed E-state index contributed by atoms with van der Waals surface area (Å²) in [6.07, 6.45) is 9.21. The summed E-state index contributed by atoms with van der Waals surface area (Å²) in [7, 11) is 0. The van der Waals surface area contributed by atoms with Crippen LogP contribution in [0.1, 0.15) is 108 Å². The van der Waals surface area contributed by atoms with E-state index in [9.17, 15) is 0 Å². The van der Waals surface area contributed by atoms with Gasteiger partial charge in [-0.2, -0.15) is 0 Å². The molecule has 0 heterocycles. The second kappa shape index (κ2) is 23.0. The lowest BCUT2D eigenvalue weighted by atomic mass is 9.81. The molecule has 0 saturated carbocycles. The van der Waals surface area contributed by atoms with Crippen LogP contribution in [-0.2, 0) is 16.2 Å². The zero-order chi connectivity index (χ0) is 65.9. The van der Waals surface area contributed by atoms with E-state index in [1.807, 2.05) is 0 Å². The van der Waals surface area contributed by atoms with Gasteiger partial charge in [0.2, 0.25) is 0 Å². The van der Waals surface area contributed by atoms with Gasteiger partial charge in [0, 0.05) is 50.4 Å². The average molecular weight is 1250 g/mol. The molecule has 17 rings (SSSR count). The van der Waals surface area contributed by atoms with Gasteiger partial charge in [-0.15, -0.1) is 0 Å². The number of fused-ring (bicyclic) bond motifs is 11. The minimum atomic E-state index is -0.210. The van der Waals surface area contributed by atoms with Crippen LogP contribution in [-0.4, -0.2) is 0 Å². The maximum Gasteiger partial charge on any atom is 0.0465 e. The minimum Gasteiger partial charge on any atom is -0.310 e. The van der Waals surface area contributed by atoms with Crippen molar-refractivity contribution in [2.45, 2.75) is 71.6 Å². The molecule has 14 aromatic rings. The van der Waals surface area contributed by atoms with Crippen LogP contribution in [0.2, 0.25) is 0 Å². The number of anilines is 6. The van der Waals surface area contributed by atoms with Crippen LogP contribution in [0.25, 0.3) is 101 Å². The van der Waals surface area contributed by atoms with Gasteiger partial charge in [0.15, 0.2) is 0 Å². The standard InChI is InChI=1S/C95H76N2/c1-61-15-13-21-77(51-61)96(75-39-35-69(36-40-75)73-33-31-67-17-9-11-19-71(67)57-73)79-43-49-85-83-47-29-65(55-89(83)94(5,6)91(85)59-79)25-23-63-27-45-81-82-46-28-64(54-88(82)93(3,4)87(81)53-63)24-26-66-30-48-84-86-50-44-80(60-92(86)95(7,8)90(84)56-66)97(78-22-14-16-62(2)52-78)76-41-37-70(38-42-76)74-34-32-68-18-10-12-20-72(68)58-74/h9-60H,1-8H3. The first kappa shape index (κ1) is 59.4. The quantitative estimate of drug-likeness (QED) is 0.113. The Morgan fingerprint density at radius 2 is 0.495 bits per heavy atom. The Hall–Kier alpha value is -11.3. The molecular weight excluding hydrogens is 1170 g/mol. The smallest absolute Gasteiger partial charge is 0.0465 e. The number of hydrogen-bond donors (Lipinski definition) is 0. The molecule has 466 valence electrons. The van der Waals surface area contributed by atoms with E-state index in [1.54, 1.807) is 0 Å². The summed E-state index contributed by atoms with van der Waals surface area (Å²) in [6, 6.07) is 109. The highest BCUT2D eigenvalue weighted by molar-refractivity contribution is 5.93. The Bertz CT molecular complexity index is 5230. The van der Waals surface area contributed by atoms with Crippen LogP contribution < -0.4 is 9.80 Å². The Balaban J connectivity index is 0.597. The minimum absolute atomic E-state index is 0.171. The molecule has 0 N–H and O–H groups in total. The summed E-state index contributed by atoms with van der Waals surface area (Å²) in [5.74, 6) is 0. The predicted octanol–water partition coefficient (Wildman–Crippen LogP) is 26.1. The summed E-state index contributed by atoms with van der Waals surface area (Å²) in [4.78, 5) is 4.83. The van der Waals surface area contributed by atoms with E-state index in [4.69, 9.17) is 0 Å². The van der Waals surface area contributed by atoms with Gasteiger partial charge in [0.25, 0.3) is 0 Å². The maximum absolute atomic E-state index is 2.44. The normalized spacial score (nSPS) is 14.1. The molecule has 0 saturated heterocycles. The zero-order valence-electron chi connectivity index (χ0n) is 56.4. The van der Waals surface area contributed by atoms with E-state index >= 15 is 0 Å². The highest BCUT2D eigenvalue weighted by Gasteiger charge is 2.39. The van der Waals surface area contributed by atoms with Gasteiger partial charge >= 0.3 is 0 Å². The van der Waals surface area contributed by atoms with E-state index in [2.05, 4.69) is 381 Å². The van der Waals surface area contributed by atoms with Crippen LogP contribution >= 0.6 is 0 Å². The Morgan fingerprint density at radius 1 is 0.216 bits per heavy atom. The predicted molar refractivity (Wildman–Crippen MR) is 415 cm³/mol. The molecule has 0 amide bonds. The van der Waals surface area contributed by atoms with Gasteiger partial charge in [0.05, 0.1) is 0 Å². The van der Waals surface area contributed by atoms with Gasteiger partial charge in [-0.1, -0.05) is 272 Å². The summed E-state index contributed by atoms with van der Waals surface area (Å²) in [6.45, 7) is 18.7. The lowest BCUT2D eigenvalue weighted by molar-refractivity contribution is 0.660. The third-order valence-electron chi connectivity index (χ3n) is 21.5. The number of hydrogen-bond acceptors (Lipinski definition) is 2. The molecule has 97 heavy (non-hydrogen) atoms. The fourth-order valence-electron chi connectivity index (χ4n) is 16.1. The molecule has 0 radical (unpaired) electrons. The highest BCUT2D eigenvalue weighted by atomic mass is 15.1. The van der Waals surface area contributed by atoms with Crippen LogP contribution in [0, 0.1) is 13.8 Å². The maximum atomic E-state index is 2.44. The Kier molecular flexibility index (Phi) is 14.1. The van der Waals surface area contributed by atoms with E-state index in [0.717, 1.165) is 34.1 Å². The van der Waals surface area contributed by atoms with E-state index in [0.29, 0.717) is 0 Å². The summed E-state index contributed by atoms with van der Waals surface area (Å²) < 4.78 is 0. The molecule has 0 atom stereocenters. The lowest BCUT2D eigenvalue weighted by Crippen LogP contribution is -2.16. The van der Waals surface area contributed by atoms with Crippen molar-refractivity contribution in [1.82, 2.24) is 0 Å². The van der Waals surface area contributed by atoms with Crippen LogP contribution in [0.15, 0.2) is 291 Å². The van der Waals surface area contributed by atoms with Crippen LogP contribution in [0.5, 0.6) is 0 Å². The first-order valence-corrected chi connectivity index (χ1v) is 34.3. The first-order chi connectivity index (χ1) is 47.1. The fourth-order valence-corrected chi connectivity index (χ4v) is 16.1. The lowest BCUT2D eigenvalue weighted by Gasteiger charge is -2.28. The topological polar surface area (TPSA) is 6.48 Å². The Morgan fingerprint density at radius 3 is 0.825 bits per heavy atom. The van der Waals surface area contributed by atoms with Crippen molar-refractivity contribution >= 4 is 80.0 Å². The van der Waals surface area contributed by atoms with Gasteiger partial charge in [-0.25, -0.2) is 0 Å². The number of benzene rings is 14. The third-order valence-corrected chi connectivity index (χ3v) is 21.5. The molecule has 3 aliphatic rings. The van der Waals surface area contributed by atoms with Crippen LogP contribution in [0.4, 0.5) is 34.1 Å². The average Bonchev–Trinajstić information content (AvgIpc) is 1.61. The van der Waals surface area contributed by atoms with E-state index < -0.39 is 0 Å². The van der Waals surface area contributed by atoms with Crippen molar-refractivity contribution in [3.63, 3.8) is 0 Å². The molecule has 2 nitrogen and oxygen atoms in total. The monoisotopic (exact) mass is 1240 g/mol. The van der Waals surface area contributed by atoms with E-state index in [-0.39, 0.29) is 16.2 Å². The molecule has 0 aliphatic heterocycles. The molecule has 0 bridgehead atoms. The zero-order valence-corrected chi connectivity index (χ0v) is 56.4. The van der Waals surface area contributed by atoms with Gasteiger partial charge in [0.1, 0.15) is 0 Å². The molecule has 0 aromatic heterocycles. The van der Waals surface area contributed by atoms with Crippen molar-refractivity contribution in [2.75, 3.05) is 9.80 Å². The van der Waals surface area contributed by atoms with Crippen molar-refractivity contribution in [2.24, 2.45) is 0 Å². The van der Waals surface area contributed by atoms with Crippen molar-refractivity contribution in [3.8, 4) is 55.6 Å². The molecule has 2 heteroatoms. The van der Waals surface area contributed by atoms with Crippen LogP contribution in [0.3, 0.4) is 0 Å². The van der Waals surface area contributed by atoms with Crippen molar-refractivity contribution in [1.29, 1.82) is 0 Å². The van der Waals surface area contributed by atoms with Gasteiger partial charge < -0.3 is 9.80 Å². The highest BCUT2D eigenvalue weighted by Crippen LogP contribution is 2.54. The van der Waals surface area contributed by atoms with E-state index in [1.165, 1.54) is 144 Å². The molecule has 3 aliphatic carbocycles. The first-order valence-electron chi connectivity index (χ1n) is 34.3. The van der Waals surface area contributed by atoms with Crippen molar-refractivity contribution < 1.29 is 0 Å². The summed E-state index contributed by atoms with van der Waals surface area (Å²) in [5, 5.41) is 5.02. The van der Waals surface area contributed by atoms with Crippen molar-refractivity contribution in [3.05, 3.63) is 358 Å². The largest absolute Gasteiger partial charge is 0.310 e. The second-order valence-electron chi connectivity index (χ2n) is 28.8. The molecule has 0 fully saturated rings. The third kappa shape index (κ3) is 10.3. The van der Waals surface area contributed by atoms with Gasteiger partial charge in [-0.3, -0.25) is 0 Å². The Labute approximate surface area is 571 Å². The molecule has 0 unspecified atom stereocenters. The SMILES string of the molecule is Cc1cccc(N(c2ccc(-c3ccc4ccccc4c3)cc2)c2ccc3c(c2)C(C)(C)c2cc(C=Cc4ccc5c(c4)C(C)(C)c4cc(C=Cc6ccc7c(c6)C(C)(C)c6cc(N(c8ccc(-c9ccc%10ccccc%10c9)cc8)c8cccc(C)c8)ccc6-7)ccc4-5)ccc2-3)c1. The summed E-state index contributed by atoms with van der Waals surface area (Å²) >= 11 is 0. The summed E-state index contributed by atoms with van der Waals surface area (Å²) in [5.41, 5.74) is 34.4. The number of nitrogens with zero attached hydrogens (tertiary/aromatic N) is 2. The molecular formula is C95H76N2. The second-order valence-corrected chi connectivity index (χ2v) is 28.8. The number of aryl methyl sites for hydroxylation is 2. The molecule has 14 aromatic carbocycles. The molecule has 0 spiro atoms. The fraction of sp³-hybridized carbons (Fsp3) is 0.116.